The van der Waals surface area contributed by atoms with Crippen molar-refractivity contribution in [2.24, 2.45) is 0 Å². The molecule has 2 aromatic rings. The summed E-state index contributed by atoms with van der Waals surface area (Å²) in [6.07, 6.45) is 0.456. The zero-order valence-corrected chi connectivity index (χ0v) is 12.2. The van der Waals surface area contributed by atoms with E-state index in [1.165, 1.54) is 0 Å². The number of ether oxygens (including phenoxy) is 2. The van der Waals surface area contributed by atoms with E-state index in [-0.39, 0.29) is 0 Å². The fraction of sp³-hybridized carbons (Fsp3) is 0.235. The molecule has 0 fully saturated rings. The molecule has 2 rings (SSSR count). The monoisotopic (exact) mass is 282 g/mol. The van der Waals surface area contributed by atoms with E-state index in [1.54, 1.807) is 14.2 Å². The minimum absolute atomic E-state index is 0.456. The molecule has 0 radical (unpaired) electrons. The Balaban J connectivity index is 2.29. The van der Waals surface area contributed by atoms with Gasteiger partial charge in [-0.1, -0.05) is 0 Å². The van der Waals surface area contributed by atoms with Crippen molar-refractivity contribution in [2.45, 2.75) is 6.42 Å². The number of methoxy groups -OCH3 is 2. The van der Waals surface area contributed by atoms with Crippen molar-refractivity contribution in [3.05, 3.63) is 48.5 Å². The van der Waals surface area contributed by atoms with Crippen molar-refractivity contribution in [1.82, 2.24) is 0 Å². The molecule has 0 heterocycles. The summed E-state index contributed by atoms with van der Waals surface area (Å²) in [5.41, 5.74) is 2.05. The first kappa shape index (κ1) is 14.7. The molecule has 0 spiro atoms. The van der Waals surface area contributed by atoms with Crippen molar-refractivity contribution in [2.75, 3.05) is 25.7 Å². The lowest BCUT2D eigenvalue weighted by Crippen LogP contribution is -2.17. The number of hydrogen-bond acceptors (Lipinski definition) is 4. The largest absolute Gasteiger partial charge is 0.497 e. The van der Waals surface area contributed by atoms with Gasteiger partial charge in [0.15, 0.2) is 0 Å². The van der Waals surface area contributed by atoms with Gasteiger partial charge in [0, 0.05) is 17.9 Å². The maximum Gasteiger partial charge on any atom is 0.119 e. The zero-order valence-electron chi connectivity index (χ0n) is 12.2. The molecule has 0 aliphatic heterocycles. The van der Waals surface area contributed by atoms with Gasteiger partial charge in [-0.05, 0) is 48.5 Å². The second kappa shape index (κ2) is 7.20. The van der Waals surface area contributed by atoms with Crippen molar-refractivity contribution in [3.8, 4) is 17.6 Å². The SMILES string of the molecule is COc1ccc(N(CCC#N)c2ccc(OC)cc2)cc1. The molecule has 108 valence electrons. The molecule has 0 N–H and O–H groups in total. The number of rotatable bonds is 6. The molecule has 0 saturated heterocycles. The van der Waals surface area contributed by atoms with E-state index >= 15 is 0 Å². The van der Waals surface area contributed by atoms with Crippen LogP contribution in [0.2, 0.25) is 0 Å². The van der Waals surface area contributed by atoms with Crippen molar-refractivity contribution < 1.29 is 9.47 Å². The Bertz CT molecular complexity index is 553. The summed E-state index contributed by atoms with van der Waals surface area (Å²) in [7, 11) is 3.29. The van der Waals surface area contributed by atoms with Gasteiger partial charge in [-0.3, -0.25) is 0 Å². The lowest BCUT2D eigenvalue weighted by atomic mass is 10.2. The minimum Gasteiger partial charge on any atom is -0.497 e. The molecule has 0 atom stereocenters. The van der Waals surface area contributed by atoms with Crippen LogP contribution in [0.5, 0.6) is 11.5 Å². The number of anilines is 2. The van der Waals surface area contributed by atoms with Crippen LogP contribution in [0.4, 0.5) is 11.4 Å². The molecule has 4 heteroatoms. The summed E-state index contributed by atoms with van der Waals surface area (Å²) < 4.78 is 10.4. The number of nitriles is 1. The molecule has 0 amide bonds. The average molecular weight is 282 g/mol. The summed E-state index contributed by atoms with van der Waals surface area (Å²) >= 11 is 0. The molecule has 0 bridgehead atoms. The summed E-state index contributed by atoms with van der Waals surface area (Å²) in [5.74, 6) is 1.63. The molecule has 4 nitrogen and oxygen atoms in total. The van der Waals surface area contributed by atoms with E-state index in [9.17, 15) is 0 Å². The Morgan fingerprint density at radius 1 is 0.857 bits per heavy atom. The molecular formula is C17H18N2O2. The zero-order chi connectivity index (χ0) is 15.1. The number of nitrogens with zero attached hydrogens (tertiary/aromatic N) is 2. The van der Waals surface area contributed by atoms with Crippen LogP contribution in [0.3, 0.4) is 0 Å². The molecule has 21 heavy (non-hydrogen) atoms. The third kappa shape index (κ3) is 3.67. The lowest BCUT2D eigenvalue weighted by Gasteiger charge is -2.24. The Morgan fingerprint density at radius 2 is 1.29 bits per heavy atom. The fourth-order valence-electron chi connectivity index (χ4n) is 2.09. The van der Waals surface area contributed by atoms with Gasteiger partial charge in [-0.2, -0.15) is 5.26 Å². The minimum atomic E-state index is 0.456. The molecule has 2 aromatic carbocycles. The van der Waals surface area contributed by atoms with E-state index in [1.807, 2.05) is 48.5 Å². The first-order valence-electron chi connectivity index (χ1n) is 6.71. The van der Waals surface area contributed by atoms with Crippen LogP contribution < -0.4 is 14.4 Å². The average Bonchev–Trinajstić information content (AvgIpc) is 2.56. The molecule has 0 aromatic heterocycles. The predicted octanol–water partition coefficient (Wildman–Crippen LogP) is 3.76. The van der Waals surface area contributed by atoms with Crippen LogP contribution >= 0.6 is 0 Å². The quantitative estimate of drug-likeness (QED) is 0.809. The van der Waals surface area contributed by atoms with E-state index in [4.69, 9.17) is 14.7 Å². The second-order valence-corrected chi connectivity index (χ2v) is 4.46. The lowest BCUT2D eigenvalue weighted by molar-refractivity contribution is 0.415. The van der Waals surface area contributed by atoms with Gasteiger partial charge in [-0.25, -0.2) is 0 Å². The molecule has 0 aliphatic carbocycles. The third-order valence-electron chi connectivity index (χ3n) is 3.22. The fourth-order valence-corrected chi connectivity index (χ4v) is 2.09. The van der Waals surface area contributed by atoms with E-state index in [2.05, 4.69) is 11.0 Å². The van der Waals surface area contributed by atoms with Crippen LogP contribution in [-0.2, 0) is 0 Å². The summed E-state index contributed by atoms with van der Waals surface area (Å²) in [5, 5.41) is 8.86. The summed E-state index contributed by atoms with van der Waals surface area (Å²) in [6.45, 7) is 0.634. The highest BCUT2D eigenvalue weighted by Crippen LogP contribution is 2.28. The Morgan fingerprint density at radius 3 is 1.62 bits per heavy atom. The van der Waals surface area contributed by atoms with Crippen LogP contribution in [0.25, 0.3) is 0 Å². The van der Waals surface area contributed by atoms with Gasteiger partial charge in [0.05, 0.1) is 26.7 Å². The summed E-state index contributed by atoms with van der Waals surface area (Å²) in [4.78, 5) is 2.10. The van der Waals surface area contributed by atoms with Crippen molar-refractivity contribution in [3.63, 3.8) is 0 Å². The summed E-state index contributed by atoms with van der Waals surface area (Å²) in [6, 6.07) is 17.8. The maximum absolute atomic E-state index is 8.86. The van der Waals surface area contributed by atoms with Gasteiger partial charge in [0.2, 0.25) is 0 Å². The molecular weight excluding hydrogens is 264 g/mol. The van der Waals surface area contributed by atoms with E-state index in [0.717, 1.165) is 22.9 Å². The normalized spacial score (nSPS) is 9.76. The Labute approximate surface area is 125 Å². The van der Waals surface area contributed by atoms with Gasteiger partial charge < -0.3 is 14.4 Å². The van der Waals surface area contributed by atoms with Gasteiger partial charge >= 0.3 is 0 Å². The van der Waals surface area contributed by atoms with Crippen molar-refractivity contribution >= 4 is 11.4 Å². The highest BCUT2D eigenvalue weighted by atomic mass is 16.5. The van der Waals surface area contributed by atoms with Crippen molar-refractivity contribution in [1.29, 1.82) is 5.26 Å². The first-order valence-corrected chi connectivity index (χ1v) is 6.71. The second-order valence-electron chi connectivity index (χ2n) is 4.46. The van der Waals surface area contributed by atoms with Gasteiger partial charge in [0.25, 0.3) is 0 Å². The number of hydrogen-bond donors (Lipinski definition) is 0. The molecule has 0 aliphatic rings. The Hall–Kier alpha value is -2.67. The topological polar surface area (TPSA) is 45.5 Å². The first-order chi connectivity index (χ1) is 10.3. The van der Waals surface area contributed by atoms with Gasteiger partial charge in [0.1, 0.15) is 11.5 Å². The smallest absolute Gasteiger partial charge is 0.119 e. The standard InChI is InChI=1S/C17H18N2O2/c1-20-16-8-4-14(5-9-16)19(13-3-12-18)15-6-10-17(21-2)11-7-15/h4-11H,3,13H2,1-2H3. The van der Waals surface area contributed by atoms with Crippen LogP contribution in [0, 0.1) is 11.3 Å². The predicted molar refractivity (Wildman–Crippen MR) is 83.2 cm³/mol. The highest BCUT2D eigenvalue weighted by Gasteiger charge is 2.09. The molecule has 0 saturated carbocycles. The van der Waals surface area contributed by atoms with E-state index < -0.39 is 0 Å². The number of benzene rings is 2. The maximum atomic E-state index is 8.86. The Kier molecular flexibility index (Phi) is 5.05. The highest BCUT2D eigenvalue weighted by molar-refractivity contribution is 5.64. The molecule has 0 unspecified atom stereocenters. The van der Waals surface area contributed by atoms with Crippen LogP contribution in [0.15, 0.2) is 48.5 Å². The van der Waals surface area contributed by atoms with Gasteiger partial charge in [-0.15, -0.1) is 0 Å². The van der Waals surface area contributed by atoms with Crippen LogP contribution in [-0.4, -0.2) is 20.8 Å². The van der Waals surface area contributed by atoms with E-state index in [0.29, 0.717) is 13.0 Å². The van der Waals surface area contributed by atoms with Crippen LogP contribution in [0.1, 0.15) is 6.42 Å². The third-order valence-corrected chi connectivity index (χ3v) is 3.22.